The molecule has 8 nitrogen and oxygen atoms in total. The van der Waals surface area contributed by atoms with Gasteiger partial charge in [-0.1, -0.05) is 30.3 Å². The molecule has 2 fully saturated rings. The zero-order valence-corrected chi connectivity index (χ0v) is 16.0. The Morgan fingerprint density at radius 1 is 1.18 bits per heavy atom. The predicted molar refractivity (Wildman–Crippen MR) is 104 cm³/mol. The number of benzene rings is 1. The van der Waals surface area contributed by atoms with E-state index >= 15 is 0 Å². The lowest BCUT2D eigenvalue weighted by atomic mass is 9.88. The number of rotatable bonds is 3. The molecule has 5 rings (SSSR count). The molecule has 1 unspecified atom stereocenters. The van der Waals surface area contributed by atoms with Gasteiger partial charge in [-0.05, 0) is 12.5 Å². The largest absolute Gasteiger partial charge is 0.447 e. The van der Waals surface area contributed by atoms with Crippen LogP contribution in [0.3, 0.4) is 0 Å². The fourth-order valence-corrected chi connectivity index (χ4v) is 4.37. The summed E-state index contributed by atoms with van der Waals surface area (Å²) in [6, 6.07) is 10.3. The summed E-state index contributed by atoms with van der Waals surface area (Å²) in [4.78, 5) is 25.8. The van der Waals surface area contributed by atoms with Crippen molar-refractivity contribution in [3.05, 3.63) is 47.9 Å². The van der Waals surface area contributed by atoms with Crippen LogP contribution in [0.2, 0.25) is 0 Å². The third-order valence-corrected chi connectivity index (χ3v) is 5.70. The molecule has 4 heterocycles. The van der Waals surface area contributed by atoms with E-state index in [4.69, 9.17) is 9.72 Å². The number of anilines is 1. The van der Waals surface area contributed by atoms with Crippen LogP contribution in [0.15, 0.2) is 36.5 Å². The summed E-state index contributed by atoms with van der Waals surface area (Å²) in [5, 5.41) is 5.29. The number of aromatic nitrogens is 4. The second kappa shape index (κ2) is 6.19. The van der Waals surface area contributed by atoms with E-state index in [0.717, 1.165) is 23.3 Å². The summed E-state index contributed by atoms with van der Waals surface area (Å²) in [6.45, 7) is 4.25. The van der Waals surface area contributed by atoms with Crippen LogP contribution in [0.4, 0.5) is 10.6 Å². The van der Waals surface area contributed by atoms with Crippen LogP contribution in [-0.2, 0) is 18.2 Å². The monoisotopic (exact) mass is 378 g/mol. The van der Waals surface area contributed by atoms with Crippen LogP contribution >= 0.6 is 0 Å². The van der Waals surface area contributed by atoms with Gasteiger partial charge in [-0.3, -0.25) is 9.58 Å². The molecule has 8 heteroatoms. The van der Waals surface area contributed by atoms with Crippen molar-refractivity contribution in [2.45, 2.75) is 18.9 Å². The number of piperazine rings is 1. The SMILES string of the molecule is Cc1nc(N2CCN3C(=O)OCC3(Cc3ccccc3)C2)c2cnn(C)c2n1. The third-order valence-electron chi connectivity index (χ3n) is 5.70. The van der Waals surface area contributed by atoms with Gasteiger partial charge in [0, 0.05) is 33.1 Å². The Hall–Kier alpha value is -3.16. The molecule has 0 aliphatic carbocycles. The van der Waals surface area contributed by atoms with Crippen LogP contribution < -0.4 is 4.90 Å². The summed E-state index contributed by atoms with van der Waals surface area (Å²) >= 11 is 0. The number of carbonyl (C=O) groups excluding carboxylic acids is 1. The van der Waals surface area contributed by atoms with Gasteiger partial charge in [0.25, 0.3) is 0 Å². The number of ether oxygens (including phenoxy) is 1. The molecular formula is C20H22N6O2. The van der Waals surface area contributed by atoms with Gasteiger partial charge >= 0.3 is 6.09 Å². The first-order valence-corrected chi connectivity index (χ1v) is 9.45. The topological polar surface area (TPSA) is 76.4 Å². The fourth-order valence-electron chi connectivity index (χ4n) is 4.37. The molecule has 0 radical (unpaired) electrons. The highest BCUT2D eigenvalue weighted by molar-refractivity contribution is 5.87. The van der Waals surface area contributed by atoms with Crippen LogP contribution in [0.25, 0.3) is 11.0 Å². The van der Waals surface area contributed by atoms with E-state index < -0.39 is 5.54 Å². The number of amides is 1. The molecule has 144 valence electrons. The Bertz CT molecular complexity index is 1050. The molecule has 2 saturated heterocycles. The Morgan fingerprint density at radius 2 is 2.00 bits per heavy atom. The third kappa shape index (κ3) is 2.59. The van der Waals surface area contributed by atoms with Gasteiger partial charge in [-0.25, -0.2) is 14.8 Å². The first-order valence-electron chi connectivity index (χ1n) is 9.45. The molecule has 2 aliphatic heterocycles. The maximum atomic E-state index is 12.4. The van der Waals surface area contributed by atoms with E-state index in [1.165, 1.54) is 5.56 Å². The molecule has 28 heavy (non-hydrogen) atoms. The molecule has 1 aromatic carbocycles. The van der Waals surface area contributed by atoms with E-state index in [1.807, 2.05) is 43.3 Å². The first-order chi connectivity index (χ1) is 13.6. The summed E-state index contributed by atoms with van der Waals surface area (Å²) in [7, 11) is 1.89. The molecule has 2 aliphatic rings. The fraction of sp³-hybridized carbons (Fsp3) is 0.400. The smallest absolute Gasteiger partial charge is 0.410 e. The Labute approximate surface area is 162 Å². The van der Waals surface area contributed by atoms with E-state index in [1.54, 1.807) is 4.68 Å². The van der Waals surface area contributed by atoms with Gasteiger partial charge in [-0.15, -0.1) is 0 Å². The van der Waals surface area contributed by atoms with E-state index in [-0.39, 0.29) is 6.09 Å². The van der Waals surface area contributed by atoms with Crippen molar-refractivity contribution in [3.8, 4) is 0 Å². The molecule has 0 bridgehead atoms. The highest BCUT2D eigenvalue weighted by Gasteiger charge is 2.51. The zero-order valence-electron chi connectivity index (χ0n) is 16.0. The standard InChI is InChI=1S/C20H22N6O2/c1-14-22-17-16(11-21-24(17)2)18(23-14)25-8-9-26-19(27)28-13-20(26,12-25)10-15-6-4-3-5-7-15/h3-7,11H,8-10,12-13H2,1-2H3. The molecule has 2 aromatic heterocycles. The van der Waals surface area contributed by atoms with Gasteiger partial charge < -0.3 is 9.64 Å². The minimum Gasteiger partial charge on any atom is -0.447 e. The maximum Gasteiger partial charge on any atom is 0.410 e. The lowest BCUT2D eigenvalue weighted by Crippen LogP contribution is -2.62. The minimum absolute atomic E-state index is 0.221. The van der Waals surface area contributed by atoms with Crippen molar-refractivity contribution in [2.75, 3.05) is 31.1 Å². The summed E-state index contributed by atoms with van der Waals surface area (Å²) < 4.78 is 7.26. The zero-order chi connectivity index (χ0) is 19.3. The number of aryl methyl sites for hydroxylation is 2. The molecule has 3 aromatic rings. The van der Waals surface area contributed by atoms with Gasteiger partial charge in [0.15, 0.2) is 5.65 Å². The second-order valence-corrected chi connectivity index (χ2v) is 7.61. The van der Waals surface area contributed by atoms with Crippen molar-refractivity contribution in [1.82, 2.24) is 24.6 Å². The number of hydrogen-bond acceptors (Lipinski definition) is 6. The lowest BCUT2D eigenvalue weighted by Gasteiger charge is -2.45. The second-order valence-electron chi connectivity index (χ2n) is 7.61. The number of carbonyl (C=O) groups is 1. The first kappa shape index (κ1) is 17.0. The van der Waals surface area contributed by atoms with E-state index in [9.17, 15) is 4.79 Å². The lowest BCUT2D eigenvalue weighted by molar-refractivity contribution is 0.140. The molecular weight excluding hydrogens is 356 g/mol. The maximum absolute atomic E-state index is 12.4. The molecule has 0 N–H and O–H groups in total. The van der Waals surface area contributed by atoms with Gasteiger partial charge in [0.1, 0.15) is 23.8 Å². The Kier molecular flexibility index (Phi) is 3.75. The van der Waals surface area contributed by atoms with Crippen molar-refractivity contribution < 1.29 is 9.53 Å². The van der Waals surface area contributed by atoms with Crippen LogP contribution in [0.5, 0.6) is 0 Å². The van der Waals surface area contributed by atoms with Crippen molar-refractivity contribution in [3.63, 3.8) is 0 Å². The molecule has 0 spiro atoms. The van der Waals surface area contributed by atoms with Gasteiger partial charge in [-0.2, -0.15) is 5.10 Å². The highest BCUT2D eigenvalue weighted by Crippen LogP contribution is 2.35. The number of cyclic esters (lactones) is 1. The number of hydrogen-bond donors (Lipinski definition) is 0. The summed E-state index contributed by atoms with van der Waals surface area (Å²) in [5.41, 5.74) is 1.61. The predicted octanol–water partition coefficient (Wildman–Crippen LogP) is 1.93. The van der Waals surface area contributed by atoms with Crippen LogP contribution in [0.1, 0.15) is 11.4 Å². The summed E-state index contributed by atoms with van der Waals surface area (Å²) in [6.07, 6.45) is 2.34. The average molecular weight is 378 g/mol. The van der Waals surface area contributed by atoms with E-state index in [0.29, 0.717) is 32.1 Å². The molecule has 1 amide bonds. The normalized spacial score (nSPS) is 21.9. The van der Waals surface area contributed by atoms with Crippen molar-refractivity contribution in [2.24, 2.45) is 7.05 Å². The van der Waals surface area contributed by atoms with Crippen LogP contribution in [0, 0.1) is 6.92 Å². The molecule has 1 atom stereocenters. The average Bonchev–Trinajstić information content (AvgIpc) is 3.22. The number of nitrogens with zero attached hydrogens (tertiary/aromatic N) is 6. The Balaban J connectivity index is 1.54. The van der Waals surface area contributed by atoms with Gasteiger partial charge in [0.05, 0.1) is 11.6 Å². The minimum atomic E-state index is -0.399. The number of fused-ring (bicyclic) bond motifs is 2. The summed E-state index contributed by atoms with van der Waals surface area (Å²) in [5.74, 6) is 1.59. The quantitative estimate of drug-likeness (QED) is 0.693. The van der Waals surface area contributed by atoms with Crippen molar-refractivity contribution >= 4 is 22.9 Å². The van der Waals surface area contributed by atoms with Gasteiger partial charge in [0.2, 0.25) is 0 Å². The van der Waals surface area contributed by atoms with E-state index in [2.05, 4.69) is 27.1 Å². The van der Waals surface area contributed by atoms with Crippen LogP contribution in [-0.4, -0.2) is 62.5 Å². The Morgan fingerprint density at radius 3 is 2.82 bits per heavy atom. The molecule has 0 saturated carbocycles. The van der Waals surface area contributed by atoms with Crippen molar-refractivity contribution in [1.29, 1.82) is 0 Å². The highest BCUT2D eigenvalue weighted by atomic mass is 16.6.